The molecule has 0 amide bonds. The summed E-state index contributed by atoms with van der Waals surface area (Å²) in [6.45, 7) is 4.17. The molecule has 1 N–H and O–H groups in total. The lowest BCUT2D eigenvalue weighted by Crippen LogP contribution is -2.00. The number of nitrogens with zero attached hydrogens (tertiary/aromatic N) is 3. The van der Waals surface area contributed by atoms with Gasteiger partial charge in [-0.3, -0.25) is 0 Å². The quantitative estimate of drug-likeness (QED) is 0.766. The summed E-state index contributed by atoms with van der Waals surface area (Å²) in [5.74, 6) is 0.987. The van der Waals surface area contributed by atoms with Crippen molar-refractivity contribution >= 4 is 22.6 Å². The van der Waals surface area contributed by atoms with E-state index in [9.17, 15) is 0 Å². The van der Waals surface area contributed by atoms with Crippen molar-refractivity contribution in [2.45, 2.75) is 19.8 Å². The summed E-state index contributed by atoms with van der Waals surface area (Å²) in [5.41, 5.74) is 2.84. The molecule has 5 heteroatoms. The van der Waals surface area contributed by atoms with Crippen LogP contribution in [0.5, 0.6) is 0 Å². The molecule has 3 aromatic rings. The van der Waals surface area contributed by atoms with Crippen LogP contribution in [-0.2, 0) is 0 Å². The molecule has 0 aliphatic heterocycles. The molecule has 0 atom stereocenters. The van der Waals surface area contributed by atoms with Crippen LogP contribution in [0.15, 0.2) is 30.3 Å². The Morgan fingerprint density at radius 2 is 2.06 bits per heavy atom. The normalized spacial score (nSPS) is 11.6. The van der Waals surface area contributed by atoms with Gasteiger partial charge in [-0.05, 0) is 24.1 Å². The molecule has 4 nitrogen and oxygen atoms in total. The Kier molecular flexibility index (Phi) is 2.59. The van der Waals surface area contributed by atoms with E-state index in [1.165, 1.54) is 0 Å². The van der Waals surface area contributed by atoms with E-state index in [0.29, 0.717) is 17.0 Å². The highest BCUT2D eigenvalue weighted by Gasteiger charge is 2.13. The average Bonchev–Trinajstić information content (AvgIpc) is 2.91. The van der Waals surface area contributed by atoms with Gasteiger partial charge in [0.2, 0.25) is 5.95 Å². The third kappa shape index (κ3) is 1.78. The third-order valence-corrected chi connectivity index (χ3v) is 3.12. The van der Waals surface area contributed by atoms with Gasteiger partial charge in [-0.1, -0.05) is 37.6 Å². The molecule has 0 spiro atoms. The molecule has 0 fully saturated rings. The monoisotopic (exact) mass is 260 g/mol. The average molecular weight is 261 g/mol. The summed E-state index contributed by atoms with van der Waals surface area (Å²) in [6, 6.07) is 9.73. The molecule has 0 aliphatic carbocycles. The van der Waals surface area contributed by atoms with E-state index < -0.39 is 0 Å². The standard InChI is InChI=1S/C13H13ClN4/c1-8(2)11-7-12(14)18(17-11)13-15-9-5-3-4-6-10(9)16-13/h3-8H,1-2H3,(H,15,16). The lowest BCUT2D eigenvalue weighted by Gasteiger charge is -1.98. The van der Waals surface area contributed by atoms with E-state index in [4.69, 9.17) is 11.6 Å². The number of fused-ring (bicyclic) bond motifs is 1. The lowest BCUT2D eigenvalue weighted by molar-refractivity contribution is 0.751. The number of H-pyrrole nitrogens is 1. The van der Waals surface area contributed by atoms with E-state index in [2.05, 4.69) is 28.9 Å². The Labute approximate surface area is 110 Å². The summed E-state index contributed by atoms with van der Waals surface area (Å²) < 4.78 is 1.64. The summed E-state index contributed by atoms with van der Waals surface area (Å²) in [5, 5.41) is 5.03. The molecule has 2 aromatic heterocycles. The molecular weight excluding hydrogens is 248 g/mol. The van der Waals surface area contributed by atoms with Crippen LogP contribution in [-0.4, -0.2) is 19.7 Å². The zero-order chi connectivity index (χ0) is 12.7. The van der Waals surface area contributed by atoms with E-state index in [1.54, 1.807) is 4.68 Å². The van der Waals surface area contributed by atoms with Crippen LogP contribution in [0.4, 0.5) is 0 Å². The SMILES string of the molecule is CC(C)c1cc(Cl)n(-c2nc3ccccc3[nH]2)n1. The first-order valence-corrected chi connectivity index (χ1v) is 6.23. The molecular formula is C13H13ClN4. The molecule has 0 saturated heterocycles. The van der Waals surface area contributed by atoms with Gasteiger partial charge in [0.25, 0.3) is 0 Å². The Bertz CT molecular complexity index is 663. The van der Waals surface area contributed by atoms with Crippen LogP contribution in [0, 0.1) is 0 Å². The highest BCUT2D eigenvalue weighted by Crippen LogP contribution is 2.22. The predicted molar refractivity (Wildman–Crippen MR) is 72.3 cm³/mol. The number of para-hydroxylation sites is 2. The van der Waals surface area contributed by atoms with Gasteiger partial charge in [0.1, 0.15) is 5.15 Å². The van der Waals surface area contributed by atoms with Crippen LogP contribution < -0.4 is 0 Å². The Balaban J connectivity index is 2.13. The largest absolute Gasteiger partial charge is 0.322 e. The second kappa shape index (κ2) is 4.14. The van der Waals surface area contributed by atoms with Gasteiger partial charge < -0.3 is 4.98 Å². The van der Waals surface area contributed by atoms with Crippen molar-refractivity contribution in [3.8, 4) is 5.95 Å². The van der Waals surface area contributed by atoms with Crippen molar-refractivity contribution in [1.82, 2.24) is 19.7 Å². The molecule has 18 heavy (non-hydrogen) atoms. The van der Waals surface area contributed by atoms with Crippen molar-refractivity contribution in [3.05, 3.63) is 41.2 Å². The maximum Gasteiger partial charge on any atom is 0.230 e. The van der Waals surface area contributed by atoms with Gasteiger partial charge in [-0.25, -0.2) is 4.98 Å². The molecule has 0 bridgehead atoms. The number of rotatable bonds is 2. The number of hydrogen-bond acceptors (Lipinski definition) is 2. The highest BCUT2D eigenvalue weighted by atomic mass is 35.5. The first kappa shape index (κ1) is 11.3. The number of imidazole rings is 1. The van der Waals surface area contributed by atoms with Crippen molar-refractivity contribution in [3.63, 3.8) is 0 Å². The fourth-order valence-corrected chi connectivity index (χ4v) is 2.08. The predicted octanol–water partition coefficient (Wildman–Crippen LogP) is 3.53. The van der Waals surface area contributed by atoms with Crippen LogP contribution in [0.25, 0.3) is 17.0 Å². The number of hydrogen-bond donors (Lipinski definition) is 1. The minimum absolute atomic E-state index is 0.341. The minimum atomic E-state index is 0.341. The summed E-state index contributed by atoms with van der Waals surface area (Å²) >= 11 is 6.19. The Morgan fingerprint density at radius 1 is 1.28 bits per heavy atom. The molecule has 1 aromatic carbocycles. The molecule has 0 unspecified atom stereocenters. The summed E-state index contributed by atoms with van der Waals surface area (Å²) in [6.07, 6.45) is 0. The van der Waals surface area contributed by atoms with E-state index in [0.717, 1.165) is 16.7 Å². The molecule has 2 heterocycles. The first-order chi connectivity index (χ1) is 8.65. The van der Waals surface area contributed by atoms with Crippen molar-refractivity contribution < 1.29 is 0 Å². The van der Waals surface area contributed by atoms with Gasteiger partial charge >= 0.3 is 0 Å². The number of aromatic nitrogens is 4. The fraction of sp³-hybridized carbons (Fsp3) is 0.231. The number of benzene rings is 1. The lowest BCUT2D eigenvalue weighted by atomic mass is 10.1. The van der Waals surface area contributed by atoms with Crippen LogP contribution in [0.2, 0.25) is 5.15 Å². The maximum absolute atomic E-state index is 6.19. The fourth-order valence-electron chi connectivity index (χ4n) is 1.85. The molecule has 0 radical (unpaired) electrons. The summed E-state index contributed by atoms with van der Waals surface area (Å²) in [7, 11) is 0. The van der Waals surface area contributed by atoms with Gasteiger partial charge in [0.05, 0.1) is 16.7 Å². The molecule has 0 saturated carbocycles. The van der Waals surface area contributed by atoms with E-state index in [1.807, 2.05) is 30.3 Å². The van der Waals surface area contributed by atoms with Gasteiger partial charge in [-0.2, -0.15) is 9.78 Å². The first-order valence-electron chi connectivity index (χ1n) is 5.86. The van der Waals surface area contributed by atoms with Gasteiger partial charge in [0, 0.05) is 0 Å². The Morgan fingerprint density at radius 3 is 2.72 bits per heavy atom. The maximum atomic E-state index is 6.19. The van der Waals surface area contributed by atoms with E-state index >= 15 is 0 Å². The Hall–Kier alpha value is -1.81. The van der Waals surface area contributed by atoms with Gasteiger partial charge in [-0.15, -0.1) is 0 Å². The second-order valence-electron chi connectivity index (χ2n) is 4.54. The van der Waals surface area contributed by atoms with Crippen molar-refractivity contribution in [2.24, 2.45) is 0 Å². The zero-order valence-corrected chi connectivity index (χ0v) is 10.9. The second-order valence-corrected chi connectivity index (χ2v) is 4.92. The molecule has 3 rings (SSSR count). The number of halogens is 1. The van der Waals surface area contributed by atoms with Crippen LogP contribution in [0.3, 0.4) is 0 Å². The van der Waals surface area contributed by atoms with Crippen LogP contribution in [0.1, 0.15) is 25.5 Å². The third-order valence-electron chi connectivity index (χ3n) is 2.85. The van der Waals surface area contributed by atoms with Crippen LogP contribution >= 0.6 is 11.6 Å². The highest BCUT2D eigenvalue weighted by molar-refractivity contribution is 6.29. The zero-order valence-electron chi connectivity index (χ0n) is 10.2. The summed E-state index contributed by atoms with van der Waals surface area (Å²) in [4.78, 5) is 7.69. The topological polar surface area (TPSA) is 46.5 Å². The van der Waals surface area contributed by atoms with E-state index in [-0.39, 0.29) is 0 Å². The molecule has 0 aliphatic rings. The van der Waals surface area contributed by atoms with Crippen molar-refractivity contribution in [2.75, 3.05) is 0 Å². The van der Waals surface area contributed by atoms with Crippen molar-refractivity contribution in [1.29, 1.82) is 0 Å². The minimum Gasteiger partial charge on any atom is -0.322 e. The number of nitrogens with one attached hydrogen (secondary N) is 1. The van der Waals surface area contributed by atoms with Gasteiger partial charge in [0.15, 0.2) is 0 Å². The smallest absolute Gasteiger partial charge is 0.230 e. The molecule has 92 valence electrons. The number of aromatic amines is 1.